The van der Waals surface area contributed by atoms with Gasteiger partial charge in [0.15, 0.2) is 0 Å². The summed E-state index contributed by atoms with van der Waals surface area (Å²) in [4.78, 5) is 13.9. The summed E-state index contributed by atoms with van der Waals surface area (Å²) < 4.78 is 7.14. The lowest BCUT2D eigenvalue weighted by Crippen LogP contribution is -2.39. The molecule has 0 radical (unpaired) electrons. The molecule has 1 aliphatic rings. The second-order valence-electron chi connectivity index (χ2n) is 6.27. The van der Waals surface area contributed by atoms with Gasteiger partial charge in [-0.25, -0.2) is 4.68 Å². The van der Waals surface area contributed by atoms with Crippen molar-refractivity contribution in [3.05, 3.63) is 11.3 Å². The molecule has 1 unspecified atom stereocenters. The van der Waals surface area contributed by atoms with E-state index in [1.807, 2.05) is 27.8 Å². The molecule has 1 atom stereocenters. The van der Waals surface area contributed by atoms with Crippen LogP contribution in [-0.2, 0) is 18.4 Å². The molecule has 1 aromatic rings. The number of hydrogen-bond acceptors (Lipinski definition) is 4. The lowest BCUT2D eigenvalue weighted by Gasteiger charge is -2.28. The molecule has 1 aliphatic heterocycles. The average molecular weight is 295 g/mol. The molecule has 0 saturated carbocycles. The summed E-state index contributed by atoms with van der Waals surface area (Å²) in [7, 11) is 3.49. The van der Waals surface area contributed by atoms with E-state index in [0.717, 1.165) is 23.7 Å². The van der Waals surface area contributed by atoms with Crippen LogP contribution in [0.25, 0.3) is 0 Å². The Bertz CT molecular complexity index is 539. The minimum Gasteiger partial charge on any atom is -0.481 e. The van der Waals surface area contributed by atoms with E-state index < -0.39 is 11.4 Å². The van der Waals surface area contributed by atoms with Crippen LogP contribution in [0.3, 0.4) is 0 Å². The number of methoxy groups -OCH3 is 1. The van der Waals surface area contributed by atoms with E-state index in [2.05, 4.69) is 10.00 Å². The van der Waals surface area contributed by atoms with Gasteiger partial charge in [-0.2, -0.15) is 5.10 Å². The highest BCUT2D eigenvalue weighted by atomic mass is 16.5. The highest BCUT2D eigenvalue weighted by Crippen LogP contribution is 2.39. The number of hydrogen-bond donors (Lipinski definition) is 1. The van der Waals surface area contributed by atoms with Gasteiger partial charge in [-0.3, -0.25) is 9.69 Å². The number of nitrogens with zero attached hydrogens (tertiary/aromatic N) is 3. The predicted octanol–water partition coefficient (Wildman–Crippen LogP) is 1.67. The Morgan fingerprint density at radius 1 is 1.52 bits per heavy atom. The van der Waals surface area contributed by atoms with Crippen LogP contribution in [-0.4, -0.2) is 46.0 Å². The van der Waals surface area contributed by atoms with E-state index in [-0.39, 0.29) is 5.92 Å². The number of carboxylic acids is 1. The van der Waals surface area contributed by atoms with Crippen LogP contribution < -0.4 is 4.74 Å². The van der Waals surface area contributed by atoms with E-state index in [9.17, 15) is 9.90 Å². The second-order valence-corrected chi connectivity index (χ2v) is 6.27. The van der Waals surface area contributed by atoms with E-state index in [1.165, 1.54) is 0 Å². The molecule has 1 N–H and O–H groups in total. The minimum atomic E-state index is -0.685. The van der Waals surface area contributed by atoms with E-state index in [0.29, 0.717) is 19.5 Å². The summed E-state index contributed by atoms with van der Waals surface area (Å²) in [5.41, 5.74) is 1.35. The lowest BCUT2D eigenvalue weighted by molar-refractivity contribution is -0.151. The smallest absolute Gasteiger partial charge is 0.311 e. The first-order chi connectivity index (χ1) is 9.81. The number of likely N-dealkylation sites (tertiary alicyclic amines) is 1. The number of rotatable bonds is 5. The van der Waals surface area contributed by atoms with Gasteiger partial charge < -0.3 is 9.84 Å². The van der Waals surface area contributed by atoms with Crippen LogP contribution in [0.4, 0.5) is 0 Å². The molecule has 0 aliphatic carbocycles. The van der Waals surface area contributed by atoms with E-state index in [1.54, 1.807) is 11.8 Å². The number of aromatic nitrogens is 2. The third kappa shape index (κ3) is 2.64. The molecule has 1 aromatic heterocycles. The molecule has 0 amide bonds. The van der Waals surface area contributed by atoms with Crippen LogP contribution in [0.15, 0.2) is 0 Å². The van der Waals surface area contributed by atoms with Gasteiger partial charge in [-0.05, 0) is 25.8 Å². The maximum absolute atomic E-state index is 11.7. The monoisotopic (exact) mass is 295 g/mol. The highest BCUT2D eigenvalue weighted by Gasteiger charge is 2.47. The van der Waals surface area contributed by atoms with Gasteiger partial charge >= 0.3 is 5.97 Å². The Labute approximate surface area is 125 Å². The van der Waals surface area contributed by atoms with Crippen LogP contribution in [0, 0.1) is 18.3 Å². The fraction of sp³-hybridized carbons (Fsp3) is 0.733. The van der Waals surface area contributed by atoms with Crippen LogP contribution >= 0.6 is 0 Å². The van der Waals surface area contributed by atoms with Crippen molar-refractivity contribution < 1.29 is 14.6 Å². The van der Waals surface area contributed by atoms with E-state index in [4.69, 9.17) is 4.74 Å². The van der Waals surface area contributed by atoms with Gasteiger partial charge in [0.1, 0.15) is 0 Å². The zero-order chi connectivity index (χ0) is 15.8. The van der Waals surface area contributed by atoms with Crippen molar-refractivity contribution in [3.8, 4) is 5.88 Å². The molecule has 0 aromatic carbocycles. The highest BCUT2D eigenvalue weighted by molar-refractivity contribution is 5.75. The summed E-state index contributed by atoms with van der Waals surface area (Å²) in [5, 5.41) is 14.0. The number of aliphatic carboxylic acids is 1. The van der Waals surface area contributed by atoms with Gasteiger partial charge in [-0.1, -0.05) is 13.8 Å². The first-order valence-corrected chi connectivity index (χ1v) is 7.34. The maximum Gasteiger partial charge on any atom is 0.311 e. The molecule has 2 heterocycles. The molecular weight excluding hydrogens is 270 g/mol. The van der Waals surface area contributed by atoms with Gasteiger partial charge in [0, 0.05) is 20.1 Å². The normalized spacial score (nSPS) is 23.0. The second kappa shape index (κ2) is 5.67. The summed E-state index contributed by atoms with van der Waals surface area (Å²) >= 11 is 0. The molecule has 0 bridgehead atoms. The van der Waals surface area contributed by atoms with Gasteiger partial charge in [0.05, 0.1) is 23.8 Å². The number of aryl methyl sites for hydroxylation is 2. The minimum absolute atomic E-state index is 0.122. The van der Waals surface area contributed by atoms with Crippen molar-refractivity contribution in [2.75, 3.05) is 20.2 Å². The average Bonchev–Trinajstić information content (AvgIpc) is 2.93. The zero-order valence-electron chi connectivity index (χ0n) is 13.5. The van der Waals surface area contributed by atoms with E-state index >= 15 is 0 Å². The lowest BCUT2D eigenvalue weighted by atomic mass is 9.76. The fourth-order valence-electron chi connectivity index (χ4n) is 3.28. The van der Waals surface area contributed by atoms with Crippen molar-refractivity contribution in [1.82, 2.24) is 14.7 Å². The summed E-state index contributed by atoms with van der Waals surface area (Å²) in [5.74, 6) is 0.191. The zero-order valence-corrected chi connectivity index (χ0v) is 13.5. The Morgan fingerprint density at radius 2 is 2.19 bits per heavy atom. The molecule has 118 valence electrons. The Morgan fingerprint density at radius 3 is 2.67 bits per heavy atom. The number of carboxylic acid groups (broad SMARTS) is 1. The topological polar surface area (TPSA) is 67.6 Å². The number of ether oxygens (including phenoxy) is 1. The fourth-order valence-corrected chi connectivity index (χ4v) is 3.28. The third-order valence-electron chi connectivity index (χ3n) is 4.77. The summed E-state index contributed by atoms with van der Waals surface area (Å²) in [6, 6.07) is 0. The molecule has 6 heteroatoms. The van der Waals surface area contributed by atoms with Crippen molar-refractivity contribution in [2.24, 2.45) is 18.4 Å². The van der Waals surface area contributed by atoms with Crippen LogP contribution in [0.1, 0.15) is 31.5 Å². The Hall–Kier alpha value is -1.56. The van der Waals surface area contributed by atoms with Gasteiger partial charge in [0.25, 0.3) is 0 Å². The summed E-state index contributed by atoms with van der Waals surface area (Å²) in [6.07, 6.45) is 0.696. The van der Waals surface area contributed by atoms with Crippen molar-refractivity contribution in [1.29, 1.82) is 0 Å². The van der Waals surface area contributed by atoms with Crippen LogP contribution in [0.5, 0.6) is 5.88 Å². The Balaban J connectivity index is 2.18. The molecule has 21 heavy (non-hydrogen) atoms. The van der Waals surface area contributed by atoms with Gasteiger partial charge in [0.2, 0.25) is 5.88 Å². The molecule has 0 spiro atoms. The SMILES string of the molecule is COc1c(CN2CCC(C(=O)O)(C(C)C)C2)c(C)nn1C. The van der Waals surface area contributed by atoms with Crippen molar-refractivity contribution in [3.63, 3.8) is 0 Å². The molecule has 2 rings (SSSR count). The van der Waals surface area contributed by atoms with Crippen LogP contribution in [0.2, 0.25) is 0 Å². The first kappa shape index (κ1) is 15.8. The molecule has 6 nitrogen and oxygen atoms in total. The summed E-state index contributed by atoms with van der Waals surface area (Å²) in [6.45, 7) is 8.01. The maximum atomic E-state index is 11.7. The Kier molecular flexibility index (Phi) is 4.27. The molecule has 1 fully saturated rings. The van der Waals surface area contributed by atoms with Crippen molar-refractivity contribution >= 4 is 5.97 Å². The third-order valence-corrected chi connectivity index (χ3v) is 4.77. The number of carbonyl (C=O) groups is 1. The van der Waals surface area contributed by atoms with Crippen molar-refractivity contribution in [2.45, 2.75) is 33.7 Å². The molecule has 1 saturated heterocycles. The largest absolute Gasteiger partial charge is 0.481 e. The quantitative estimate of drug-likeness (QED) is 0.895. The first-order valence-electron chi connectivity index (χ1n) is 7.34. The van der Waals surface area contributed by atoms with Gasteiger partial charge in [-0.15, -0.1) is 0 Å². The standard InChI is InChI=1S/C15H25N3O3/c1-10(2)15(14(19)20)6-7-18(9-15)8-12-11(3)16-17(4)13(12)21-5/h10H,6-9H2,1-5H3,(H,19,20). The predicted molar refractivity (Wildman–Crippen MR) is 79.3 cm³/mol. The molecular formula is C15H25N3O3.